The first-order chi connectivity index (χ1) is 12.9. The van der Waals surface area contributed by atoms with Gasteiger partial charge in [-0.05, 0) is 30.7 Å². The third-order valence-corrected chi connectivity index (χ3v) is 4.95. The number of hydrogen-bond donors (Lipinski definition) is 1. The normalized spacial score (nSPS) is 14.3. The monoisotopic (exact) mass is 395 g/mol. The van der Waals surface area contributed by atoms with Gasteiger partial charge in [-0.3, -0.25) is 0 Å². The molecule has 0 aromatic heterocycles. The van der Waals surface area contributed by atoms with Gasteiger partial charge in [-0.2, -0.15) is 0 Å². The number of carbonyl (C=O) groups is 1. The molecule has 1 heterocycles. The van der Waals surface area contributed by atoms with Crippen molar-refractivity contribution in [2.24, 2.45) is 0 Å². The van der Waals surface area contributed by atoms with Gasteiger partial charge in [-0.25, -0.2) is 13.6 Å². The SMILES string of the molecule is COc1cc(Cl)c(C)cc1N1CCN(C(=O)Nc2ccc(F)cc2F)CC1. The number of aryl methyl sites for hydroxylation is 1. The van der Waals surface area contributed by atoms with E-state index in [0.29, 0.717) is 37.0 Å². The van der Waals surface area contributed by atoms with E-state index in [-0.39, 0.29) is 5.69 Å². The van der Waals surface area contributed by atoms with Crippen LogP contribution >= 0.6 is 11.6 Å². The van der Waals surface area contributed by atoms with E-state index in [1.807, 2.05) is 13.0 Å². The molecule has 1 saturated heterocycles. The number of carbonyl (C=O) groups excluding carboxylic acids is 1. The number of benzene rings is 2. The Balaban J connectivity index is 1.65. The molecule has 3 rings (SSSR count). The number of anilines is 2. The predicted molar refractivity (Wildman–Crippen MR) is 102 cm³/mol. The summed E-state index contributed by atoms with van der Waals surface area (Å²) in [4.78, 5) is 16.1. The van der Waals surface area contributed by atoms with E-state index in [9.17, 15) is 13.6 Å². The molecule has 1 aliphatic rings. The van der Waals surface area contributed by atoms with Gasteiger partial charge in [0, 0.05) is 43.3 Å². The molecule has 1 aliphatic heterocycles. The Kier molecular flexibility index (Phi) is 5.70. The molecule has 0 unspecified atom stereocenters. The van der Waals surface area contributed by atoms with Gasteiger partial charge in [0.05, 0.1) is 18.5 Å². The van der Waals surface area contributed by atoms with E-state index < -0.39 is 17.7 Å². The standard InChI is InChI=1S/C19H20ClF2N3O2/c1-12-9-17(18(27-2)11-14(12)20)24-5-7-25(8-6-24)19(26)23-16-4-3-13(21)10-15(16)22/h3-4,9-11H,5-8H2,1-2H3,(H,23,26). The molecule has 144 valence electrons. The van der Waals surface area contributed by atoms with Crippen LogP contribution in [-0.2, 0) is 0 Å². The molecule has 5 nitrogen and oxygen atoms in total. The van der Waals surface area contributed by atoms with Gasteiger partial charge in [-0.1, -0.05) is 11.6 Å². The van der Waals surface area contributed by atoms with Crippen molar-refractivity contribution in [2.75, 3.05) is 43.5 Å². The summed E-state index contributed by atoms with van der Waals surface area (Å²) in [7, 11) is 1.59. The lowest BCUT2D eigenvalue weighted by Gasteiger charge is -2.36. The zero-order valence-corrected chi connectivity index (χ0v) is 15.8. The zero-order chi connectivity index (χ0) is 19.6. The average molecular weight is 396 g/mol. The summed E-state index contributed by atoms with van der Waals surface area (Å²) in [5.41, 5.74) is 1.82. The molecule has 2 amide bonds. The van der Waals surface area contributed by atoms with Crippen LogP contribution in [0.2, 0.25) is 5.02 Å². The van der Waals surface area contributed by atoms with Crippen molar-refractivity contribution < 1.29 is 18.3 Å². The number of methoxy groups -OCH3 is 1. The second kappa shape index (κ2) is 8.00. The lowest BCUT2D eigenvalue weighted by molar-refractivity contribution is 0.208. The number of hydrogen-bond acceptors (Lipinski definition) is 3. The Morgan fingerprint density at radius 3 is 2.48 bits per heavy atom. The predicted octanol–water partition coefficient (Wildman–Crippen LogP) is 4.29. The van der Waals surface area contributed by atoms with Gasteiger partial charge in [0.25, 0.3) is 0 Å². The first-order valence-electron chi connectivity index (χ1n) is 8.49. The molecule has 1 N–H and O–H groups in total. The van der Waals surface area contributed by atoms with Gasteiger partial charge in [0.15, 0.2) is 0 Å². The molecule has 0 saturated carbocycles. The highest BCUT2D eigenvalue weighted by Gasteiger charge is 2.24. The van der Waals surface area contributed by atoms with Crippen molar-refractivity contribution in [2.45, 2.75) is 6.92 Å². The second-order valence-electron chi connectivity index (χ2n) is 6.30. The van der Waals surface area contributed by atoms with Crippen LogP contribution in [0.5, 0.6) is 5.75 Å². The maximum absolute atomic E-state index is 13.7. The minimum Gasteiger partial charge on any atom is -0.495 e. The van der Waals surface area contributed by atoms with Crippen molar-refractivity contribution in [1.29, 1.82) is 0 Å². The fourth-order valence-electron chi connectivity index (χ4n) is 2.99. The van der Waals surface area contributed by atoms with Crippen LogP contribution in [0.1, 0.15) is 5.56 Å². The van der Waals surface area contributed by atoms with E-state index >= 15 is 0 Å². The molecule has 27 heavy (non-hydrogen) atoms. The third kappa shape index (κ3) is 4.24. The summed E-state index contributed by atoms with van der Waals surface area (Å²) in [6.07, 6.45) is 0. The molecule has 2 aromatic carbocycles. The van der Waals surface area contributed by atoms with Gasteiger partial charge in [-0.15, -0.1) is 0 Å². The van der Waals surface area contributed by atoms with Crippen LogP contribution in [0, 0.1) is 18.6 Å². The molecular formula is C19H20ClF2N3O2. The Bertz CT molecular complexity index is 855. The summed E-state index contributed by atoms with van der Waals surface area (Å²) in [6.45, 7) is 4.03. The van der Waals surface area contributed by atoms with Crippen LogP contribution in [-0.4, -0.2) is 44.2 Å². The molecular weight excluding hydrogens is 376 g/mol. The lowest BCUT2D eigenvalue weighted by Crippen LogP contribution is -2.50. The van der Waals surface area contributed by atoms with Crippen LogP contribution in [0.25, 0.3) is 0 Å². The summed E-state index contributed by atoms with van der Waals surface area (Å²) in [6, 6.07) is 6.38. The van der Waals surface area contributed by atoms with Gasteiger partial charge < -0.3 is 19.9 Å². The highest BCUT2D eigenvalue weighted by Crippen LogP contribution is 2.34. The Labute approximate surface area is 161 Å². The maximum Gasteiger partial charge on any atom is 0.322 e. The summed E-state index contributed by atoms with van der Waals surface area (Å²) < 4.78 is 32.1. The first kappa shape index (κ1) is 19.2. The second-order valence-corrected chi connectivity index (χ2v) is 6.71. The van der Waals surface area contributed by atoms with Crippen LogP contribution in [0.4, 0.5) is 25.0 Å². The van der Waals surface area contributed by atoms with Crippen molar-refractivity contribution >= 4 is 29.0 Å². The minimum atomic E-state index is -0.802. The van der Waals surface area contributed by atoms with E-state index in [4.69, 9.17) is 16.3 Å². The molecule has 0 radical (unpaired) electrons. The number of amides is 2. The smallest absolute Gasteiger partial charge is 0.322 e. The van der Waals surface area contributed by atoms with Crippen molar-refractivity contribution in [3.05, 3.63) is 52.6 Å². The zero-order valence-electron chi connectivity index (χ0n) is 15.1. The van der Waals surface area contributed by atoms with Gasteiger partial charge in [0.1, 0.15) is 17.4 Å². The number of ether oxygens (including phenoxy) is 1. The Morgan fingerprint density at radius 2 is 1.85 bits per heavy atom. The quantitative estimate of drug-likeness (QED) is 0.843. The number of halogens is 3. The highest BCUT2D eigenvalue weighted by molar-refractivity contribution is 6.31. The van der Waals surface area contributed by atoms with E-state index in [1.54, 1.807) is 18.1 Å². The largest absolute Gasteiger partial charge is 0.495 e. The molecule has 0 spiro atoms. The van der Waals surface area contributed by atoms with Crippen LogP contribution in [0.15, 0.2) is 30.3 Å². The number of rotatable bonds is 3. The molecule has 0 bridgehead atoms. The van der Waals surface area contributed by atoms with Crippen LogP contribution in [0.3, 0.4) is 0 Å². The van der Waals surface area contributed by atoms with Crippen molar-refractivity contribution in [3.63, 3.8) is 0 Å². The number of nitrogens with zero attached hydrogens (tertiary/aromatic N) is 2. The van der Waals surface area contributed by atoms with Crippen molar-refractivity contribution in [1.82, 2.24) is 4.90 Å². The van der Waals surface area contributed by atoms with Crippen LogP contribution < -0.4 is 15.0 Å². The molecule has 1 fully saturated rings. The topological polar surface area (TPSA) is 44.8 Å². The van der Waals surface area contributed by atoms with E-state index in [0.717, 1.165) is 23.4 Å². The highest BCUT2D eigenvalue weighted by atomic mass is 35.5. The first-order valence-corrected chi connectivity index (χ1v) is 8.87. The van der Waals surface area contributed by atoms with Gasteiger partial charge >= 0.3 is 6.03 Å². The van der Waals surface area contributed by atoms with E-state index in [2.05, 4.69) is 10.2 Å². The third-order valence-electron chi connectivity index (χ3n) is 4.54. The lowest BCUT2D eigenvalue weighted by atomic mass is 10.1. The molecule has 8 heteroatoms. The molecule has 0 atom stereocenters. The fraction of sp³-hybridized carbons (Fsp3) is 0.316. The Morgan fingerprint density at radius 1 is 1.15 bits per heavy atom. The summed E-state index contributed by atoms with van der Waals surface area (Å²) in [5.74, 6) is -0.813. The average Bonchev–Trinajstić information content (AvgIpc) is 2.66. The molecule has 0 aliphatic carbocycles. The number of nitrogens with one attached hydrogen (secondary N) is 1. The minimum absolute atomic E-state index is 0.0428. The van der Waals surface area contributed by atoms with E-state index in [1.165, 1.54) is 6.07 Å². The number of piperazine rings is 1. The molecule has 2 aromatic rings. The fourth-order valence-corrected chi connectivity index (χ4v) is 3.15. The summed E-state index contributed by atoms with van der Waals surface area (Å²) >= 11 is 6.15. The van der Waals surface area contributed by atoms with Crippen molar-refractivity contribution in [3.8, 4) is 5.75 Å². The number of urea groups is 1. The Hall–Kier alpha value is -2.54. The van der Waals surface area contributed by atoms with Gasteiger partial charge in [0.2, 0.25) is 0 Å². The maximum atomic E-state index is 13.7. The summed E-state index contributed by atoms with van der Waals surface area (Å²) in [5, 5.41) is 3.12.